The fourth-order valence-electron chi connectivity index (χ4n) is 1.90. The molecular weight excluding hydrogens is 280 g/mol. The number of hydrogen-bond acceptors (Lipinski definition) is 5. The monoisotopic (exact) mass is 292 g/mol. The van der Waals surface area contributed by atoms with Gasteiger partial charge in [-0.05, 0) is 0 Å². The first-order valence-electron chi connectivity index (χ1n) is 5.34. The predicted octanol–water partition coefficient (Wildman–Crippen LogP) is 0.688. The molecule has 0 aliphatic carbocycles. The first kappa shape index (κ1) is 13.3. The van der Waals surface area contributed by atoms with Gasteiger partial charge < -0.3 is 5.21 Å². The summed E-state index contributed by atoms with van der Waals surface area (Å²) in [5.41, 5.74) is 0.609. The normalized spacial score (nSPS) is 18.0. The van der Waals surface area contributed by atoms with Gasteiger partial charge in [-0.3, -0.25) is 4.68 Å². The van der Waals surface area contributed by atoms with Crippen molar-refractivity contribution < 1.29 is 13.6 Å². The van der Waals surface area contributed by atoms with E-state index < -0.39 is 10.0 Å². The van der Waals surface area contributed by atoms with Crippen molar-refractivity contribution in [3.05, 3.63) is 11.2 Å². The van der Waals surface area contributed by atoms with Crippen LogP contribution in [0, 0.1) is 0 Å². The highest BCUT2D eigenvalue weighted by atomic mass is 35.5. The maximum absolute atomic E-state index is 12.4. The van der Waals surface area contributed by atoms with Gasteiger partial charge in [0.15, 0.2) is 5.03 Å². The number of sulfonamides is 1. The Balaban J connectivity index is 2.28. The Hall–Kier alpha value is -1.12. The van der Waals surface area contributed by atoms with Crippen LogP contribution < -0.4 is 0 Å². The maximum atomic E-state index is 12.4. The molecule has 1 fully saturated rings. The van der Waals surface area contributed by atoms with Gasteiger partial charge in [-0.25, -0.2) is 8.42 Å². The van der Waals surface area contributed by atoms with Gasteiger partial charge >= 0.3 is 0 Å². The summed E-state index contributed by atoms with van der Waals surface area (Å²) in [6, 6.07) is 0. The number of oxime groups is 1. The summed E-state index contributed by atoms with van der Waals surface area (Å²) in [7, 11) is -2.12. The molecule has 18 heavy (non-hydrogen) atoms. The topological polar surface area (TPSA) is 87.8 Å². The minimum atomic E-state index is -3.65. The standard InChI is InChI=1S/C9H13ClN4O3S/c1-13-9(8(10)6-11-13)18(16,17)14-4-2-7(12-15)3-5-14/h6,15H,2-5H2,1H3. The molecule has 1 aromatic rings. The molecule has 0 saturated carbocycles. The van der Waals surface area contributed by atoms with Gasteiger partial charge in [0.1, 0.15) is 0 Å². The van der Waals surface area contributed by atoms with Crippen LogP contribution in [0.2, 0.25) is 5.02 Å². The van der Waals surface area contributed by atoms with Gasteiger partial charge in [-0.1, -0.05) is 16.8 Å². The Morgan fingerprint density at radius 2 is 2.06 bits per heavy atom. The molecule has 1 N–H and O–H groups in total. The van der Waals surface area contributed by atoms with E-state index >= 15 is 0 Å². The zero-order valence-corrected chi connectivity index (χ0v) is 11.3. The lowest BCUT2D eigenvalue weighted by atomic mass is 10.1. The molecular formula is C9H13ClN4O3S. The van der Waals surface area contributed by atoms with Crippen LogP contribution in [0.1, 0.15) is 12.8 Å². The molecule has 1 saturated heterocycles. The van der Waals surface area contributed by atoms with Crippen molar-refractivity contribution in [1.82, 2.24) is 14.1 Å². The fraction of sp³-hybridized carbons (Fsp3) is 0.556. The number of piperidine rings is 1. The molecule has 0 unspecified atom stereocenters. The predicted molar refractivity (Wildman–Crippen MR) is 65.4 cm³/mol. The van der Waals surface area contributed by atoms with Crippen molar-refractivity contribution in [2.45, 2.75) is 17.9 Å². The third kappa shape index (κ3) is 2.23. The van der Waals surface area contributed by atoms with Crippen LogP contribution in [0.15, 0.2) is 16.4 Å². The first-order chi connectivity index (χ1) is 8.46. The van der Waals surface area contributed by atoms with Crippen molar-refractivity contribution in [3.63, 3.8) is 0 Å². The van der Waals surface area contributed by atoms with Gasteiger partial charge in [0, 0.05) is 33.0 Å². The minimum absolute atomic E-state index is 0.00597. The average molecular weight is 293 g/mol. The van der Waals surface area contributed by atoms with Crippen LogP contribution in [0.5, 0.6) is 0 Å². The molecule has 7 nitrogen and oxygen atoms in total. The van der Waals surface area contributed by atoms with E-state index in [4.69, 9.17) is 16.8 Å². The number of rotatable bonds is 2. The molecule has 1 aromatic heterocycles. The molecule has 2 heterocycles. The summed E-state index contributed by atoms with van der Waals surface area (Å²) in [5.74, 6) is 0. The molecule has 0 amide bonds. The van der Waals surface area contributed by atoms with E-state index in [9.17, 15) is 8.42 Å². The van der Waals surface area contributed by atoms with E-state index in [2.05, 4.69) is 10.3 Å². The van der Waals surface area contributed by atoms with E-state index in [-0.39, 0.29) is 23.1 Å². The molecule has 0 spiro atoms. The second-order valence-corrected chi connectivity index (χ2v) is 6.25. The highest BCUT2D eigenvalue weighted by molar-refractivity contribution is 7.89. The highest BCUT2D eigenvalue weighted by Gasteiger charge is 2.32. The van der Waals surface area contributed by atoms with Crippen molar-refractivity contribution in [2.24, 2.45) is 12.2 Å². The molecule has 9 heteroatoms. The van der Waals surface area contributed by atoms with Gasteiger partial charge in [-0.15, -0.1) is 0 Å². The van der Waals surface area contributed by atoms with Crippen molar-refractivity contribution in [2.75, 3.05) is 13.1 Å². The Kier molecular flexibility index (Phi) is 3.60. The Morgan fingerprint density at radius 3 is 2.50 bits per heavy atom. The molecule has 0 aromatic carbocycles. The second kappa shape index (κ2) is 4.87. The summed E-state index contributed by atoms with van der Waals surface area (Å²) in [4.78, 5) is 0. The number of halogens is 1. The maximum Gasteiger partial charge on any atom is 0.261 e. The number of hydrogen-bond donors (Lipinski definition) is 1. The van der Waals surface area contributed by atoms with E-state index in [1.807, 2.05) is 0 Å². The molecule has 1 aliphatic heterocycles. The molecule has 100 valence electrons. The summed E-state index contributed by atoms with van der Waals surface area (Å²) in [6.45, 7) is 0.562. The van der Waals surface area contributed by atoms with Gasteiger partial charge in [0.25, 0.3) is 10.0 Å². The van der Waals surface area contributed by atoms with Crippen LogP contribution in [0.3, 0.4) is 0 Å². The lowest BCUT2D eigenvalue weighted by Crippen LogP contribution is -2.39. The first-order valence-corrected chi connectivity index (χ1v) is 7.16. The van der Waals surface area contributed by atoms with Gasteiger partial charge in [0.05, 0.1) is 16.9 Å². The zero-order chi connectivity index (χ0) is 13.3. The summed E-state index contributed by atoms with van der Waals surface area (Å²) >= 11 is 5.85. The third-order valence-electron chi connectivity index (χ3n) is 2.87. The van der Waals surface area contributed by atoms with Crippen LogP contribution in [-0.2, 0) is 17.1 Å². The lowest BCUT2D eigenvalue weighted by molar-refractivity contribution is 0.309. The van der Waals surface area contributed by atoms with Crippen molar-refractivity contribution >= 4 is 27.3 Å². The number of nitrogens with zero attached hydrogens (tertiary/aromatic N) is 4. The Bertz CT molecular complexity index is 551. The zero-order valence-electron chi connectivity index (χ0n) is 9.74. The molecule has 0 bridgehead atoms. The summed E-state index contributed by atoms with van der Waals surface area (Å²) in [6.07, 6.45) is 2.15. The molecule has 2 rings (SSSR count). The van der Waals surface area contributed by atoms with E-state index in [1.54, 1.807) is 0 Å². The number of aromatic nitrogens is 2. The SMILES string of the molecule is Cn1ncc(Cl)c1S(=O)(=O)N1CCC(=NO)CC1. The minimum Gasteiger partial charge on any atom is -0.411 e. The fourth-order valence-corrected chi connectivity index (χ4v) is 3.94. The molecule has 0 atom stereocenters. The van der Waals surface area contributed by atoms with Crippen LogP contribution >= 0.6 is 11.6 Å². The summed E-state index contributed by atoms with van der Waals surface area (Å²) in [5, 5.41) is 15.7. The van der Waals surface area contributed by atoms with Crippen LogP contribution in [0.4, 0.5) is 0 Å². The second-order valence-electron chi connectivity index (χ2n) is 3.99. The number of aryl methyl sites for hydroxylation is 1. The van der Waals surface area contributed by atoms with Crippen LogP contribution in [0.25, 0.3) is 0 Å². The van der Waals surface area contributed by atoms with Gasteiger partial charge in [0.2, 0.25) is 0 Å². The molecule has 0 radical (unpaired) electrons. The van der Waals surface area contributed by atoms with Gasteiger partial charge in [-0.2, -0.15) is 9.40 Å². The quantitative estimate of drug-likeness (QED) is 0.641. The van der Waals surface area contributed by atoms with Crippen LogP contribution in [-0.4, -0.2) is 46.5 Å². The average Bonchev–Trinajstić information content (AvgIpc) is 2.69. The lowest BCUT2D eigenvalue weighted by Gasteiger charge is -2.26. The van der Waals surface area contributed by atoms with E-state index in [0.717, 1.165) is 0 Å². The van der Waals surface area contributed by atoms with Crippen molar-refractivity contribution in [3.8, 4) is 0 Å². The Labute approximate surface area is 110 Å². The summed E-state index contributed by atoms with van der Waals surface area (Å²) < 4.78 is 27.3. The largest absolute Gasteiger partial charge is 0.411 e. The van der Waals surface area contributed by atoms with Crippen molar-refractivity contribution in [1.29, 1.82) is 0 Å². The Morgan fingerprint density at radius 1 is 1.44 bits per heavy atom. The third-order valence-corrected chi connectivity index (χ3v) is 5.27. The van der Waals surface area contributed by atoms with E-state index in [0.29, 0.717) is 18.6 Å². The smallest absolute Gasteiger partial charge is 0.261 e. The highest BCUT2D eigenvalue weighted by Crippen LogP contribution is 2.25. The molecule has 1 aliphatic rings. The van der Waals surface area contributed by atoms with E-state index in [1.165, 1.54) is 22.2 Å².